The van der Waals surface area contributed by atoms with Gasteiger partial charge in [0, 0.05) is 0 Å². The smallest absolute Gasteiger partial charge is 0.240 e. The first-order valence-corrected chi connectivity index (χ1v) is 16.8. The first-order chi connectivity index (χ1) is 21.8. The molecule has 0 amide bonds. The van der Waals surface area contributed by atoms with E-state index in [9.17, 15) is 0 Å². The summed E-state index contributed by atoms with van der Waals surface area (Å²) in [5.41, 5.74) is 1.95. The van der Waals surface area contributed by atoms with Crippen molar-refractivity contribution in [2.24, 2.45) is 35.5 Å². The highest BCUT2D eigenvalue weighted by Crippen LogP contribution is 2.52. The van der Waals surface area contributed by atoms with Gasteiger partial charge in [-0.3, -0.25) is 0 Å². The SMILES string of the molecule is CC(C)COc1n[nH]c(OCC(C)C)c1C(c1c(OCC(C)C)n[nH]c1OCC(C)C)c1c(OCC(C)C)n[nH]c1OCC(C)C. The van der Waals surface area contributed by atoms with Crippen LogP contribution in [0.4, 0.5) is 0 Å². The molecule has 3 aromatic heterocycles. The van der Waals surface area contributed by atoms with Crippen molar-refractivity contribution in [1.29, 1.82) is 0 Å². The maximum Gasteiger partial charge on any atom is 0.240 e. The van der Waals surface area contributed by atoms with Gasteiger partial charge in [-0.2, -0.15) is 0 Å². The zero-order chi connectivity index (χ0) is 34.0. The Balaban J connectivity index is 2.41. The Bertz CT molecular complexity index is 1060. The Hall–Kier alpha value is -3.57. The van der Waals surface area contributed by atoms with E-state index in [1.54, 1.807) is 0 Å². The molecule has 0 aromatic carbocycles. The number of aromatic amines is 3. The lowest BCUT2D eigenvalue weighted by atomic mass is 9.87. The number of hydrogen-bond donors (Lipinski definition) is 3. The van der Waals surface area contributed by atoms with E-state index in [2.05, 4.69) is 114 Å². The van der Waals surface area contributed by atoms with E-state index in [0.717, 1.165) is 0 Å². The van der Waals surface area contributed by atoms with Crippen molar-refractivity contribution in [1.82, 2.24) is 30.6 Å². The third kappa shape index (κ3) is 10.5. The second-order valence-electron chi connectivity index (χ2n) is 14.5. The first kappa shape index (κ1) is 36.9. The molecule has 0 radical (unpaired) electrons. The molecule has 0 aliphatic carbocycles. The summed E-state index contributed by atoms with van der Waals surface area (Å²) in [6, 6.07) is 0. The zero-order valence-electron chi connectivity index (χ0n) is 30.1. The van der Waals surface area contributed by atoms with Crippen LogP contribution in [0.2, 0.25) is 0 Å². The number of ether oxygens (including phenoxy) is 6. The molecule has 0 saturated carbocycles. The van der Waals surface area contributed by atoms with Crippen LogP contribution in [-0.4, -0.2) is 70.2 Å². The Morgan fingerprint density at radius 1 is 0.370 bits per heavy atom. The minimum Gasteiger partial charge on any atom is -0.477 e. The summed E-state index contributed by atoms with van der Waals surface area (Å²) in [6.45, 7) is 27.9. The summed E-state index contributed by atoms with van der Waals surface area (Å²) >= 11 is 0. The van der Waals surface area contributed by atoms with Crippen LogP contribution in [0.5, 0.6) is 35.3 Å². The van der Waals surface area contributed by atoms with Gasteiger partial charge in [-0.05, 0) is 35.5 Å². The van der Waals surface area contributed by atoms with Crippen molar-refractivity contribution < 1.29 is 28.4 Å². The van der Waals surface area contributed by atoms with Gasteiger partial charge in [-0.1, -0.05) is 83.1 Å². The zero-order valence-corrected chi connectivity index (χ0v) is 30.1. The lowest BCUT2D eigenvalue weighted by Gasteiger charge is -2.23. The maximum absolute atomic E-state index is 6.39. The molecule has 0 bridgehead atoms. The van der Waals surface area contributed by atoms with Gasteiger partial charge in [0.15, 0.2) is 0 Å². The molecule has 3 N–H and O–H groups in total. The van der Waals surface area contributed by atoms with Crippen LogP contribution in [0, 0.1) is 35.5 Å². The quantitative estimate of drug-likeness (QED) is 0.109. The van der Waals surface area contributed by atoms with E-state index in [1.165, 1.54) is 0 Å². The fourth-order valence-electron chi connectivity index (χ4n) is 4.30. The molecule has 0 fully saturated rings. The summed E-state index contributed by atoms with van der Waals surface area (Å²) < 4.78 is 38.3. The van der Waals surface area contributed by atoms with Gasteiger partial charge in [0.2, 0.25) is 35.3 Å². The molecule has 0 aliphatic rings. The van der Waals surface area contributed by atoms with Gasteiger partial charge < -0.3 is 28.4 Å². The minimum absolute atomic E-state index is 0.260. The summed E-state index contributed by atoms with van der Waals surface area (Å²) in [5.74, 6) is 3.48. The monoisotopic (exact) mass is 646 g/mol. The average Bonchev–Trinajstić information content (AvgIpc) is 3.68. The highest BCUT2D eigenvalue weighted by molar-refractivity contribution is 5.60. The normalized spacial score (nSPS) is 12.1. The fourth-order valence-corrected chi connectivity index (χ4v) is 4.30. The van der Waals surface area contributed by atoms with Crippen LogP contribution in [0.25, 0.3) is 0 Å². The topological polar surface area (TPSA) is 141 Å². The van der Waals surface area contributed by atoms with E-state index in [1.807, 2.05) is 0 Å². The largest absolute Gasteiger partial charge is 0.477 e. The van der Waals surface area contributed by atoms with Gasteiger partial charge in [-0.25, -0.2) is 15.3 Å². The molecule has 46 heavy (non-hydrogen) atoms. The highest BCUT2D eigenvalue weighted by Gasteiger charge is 2.40. The molecule has 3 aromatic rings. The first-order valence-electron chi connectivity index (χ1n) is 16.8. The van der Waals surface area contributed by atoms with Crippen molar-refractivity contribution in [3.63, 3.8) is 0 Å². The Kier molecular flexibility index (Phi) is 13.9. The second kappa shape index (κ2) is 17.4. The second-order valence-corrected chi connectivity index (χ2v) is 14.5. The summed E-state index contributed by atoms with van der Waals surface area (Å²) in [5, 5.41) is 23.2. The predicted octanol–water partition coefficient (Wildman–Crippen LogP) is 7.24. The van der Waals surface area contributed by atoms with Gasteiger partial charge >= 0.3 is 0 Å². The molecular formula is C34H58N6O6. The number of nitrogens with zero attached hydrogens (tertiary/aromatic N) is 3. The van der Waals surface area contributed by atoms with E-state index >= 15 is 0 Å². The molecule has 3 rings (SSSR count). The van der Waals surface area contributed by atoms with E-state index < -0.39 is 5.92 Å². The summed E-state index contributed by atoms with van der Waals surface area (Å²) in [4.78, 5) is 0. The molecule has 0 saturated heterocycles. The third-order valence-corrected chi connectivity index (χ3v) is 6.41. The van der Waals surface area contributed by atoms with Gasteiger partial charge in [0.05, 0.1) is 62.2 Å². The van der Waals surface area contributed by atoms with Crippen molar-refractivity contribution in [3.05, 3.63) is 16.7 Å². The molecule has 0 atom stereocenters. The van der Waals surface area contributed by atoms with Crippen molar-refractivity contribution >= 4 is 0 Å². The molecule has 0 aliphatic heterocycles. The number of aromatic nitrogens is 6. The van der Waals surface area contributed by atoms with Crippen LogP contribution in [0.3, 0.4) is 0 Å². The Morgan fingerprint density at radius 2 is 0.587 bits per heavy atom. The summed E-state index contributed by atoms with van der Waals surface area (Å²) in [6.07, 6.45) is 0. The van der Waals surface area contributed by atoms with Gasteiger partial charge in [-0.15, -0.1) is 15.3 Å². The summed E-state index contributed by atoms with van der Waals surface area (Å²) in [7, 11) is 0. The van der Waals surface area contributed by atoms with Crippen molar-refractivity contribution in [2.75, 3.05) is 39.6 Å². The lowest BCUT2D eigenvalue weighted by Crippen LogP contribution is -2.16. The van der Waals surface area contributed by atoms with Crippen LogP contribution in [-0.2, 0) is 0 Å². The van der Waals surface area contributed by atoms with Crippen LogP contribution < -0.4 is 28.4 Å². The molecular weight excluding hydrogens is 588 g/mol. The molecule has 0 spiro atoms. The van der Waals surface area contributed by atoms with E-state index in [0.29, 0.717) is 91.6 Å². The highest BCUT2D eigenvalue weighted by atomic mass is 16.5. The van der Waals surface area contributed by atoms with E-state index in [-0.39, 0.29) is 35.5 Å². The number of rotatable bonds is 21. The van der Waals surface area contributed by atoms with Gasteiger partial charge in [0.25, 0.3) is 0 Å². The van der Waals surface area contributed by atoms with Crippen molar-refractivity contribution in [3.8, 4) is 35.3 Å². The van der Waals surface area contributed by atoms with Gasteiger partial charge in [0.1, 0.15) is 0 Å². The van der Waals surface area contributed by atoms with Crippen molar-refractivity contribution in [2.45, 2.75) is 89.0 Å². The van der Waals surface area contributed by atoms with Crippen LogP contribution in [0.15, 0.2) is 0 Å². The molecule has 260 valence electrons. The fraction of sp³-hybridized carbons (Fsp3) is 0.735. The number of H-pyrrole nitrogens is 3. The van der Waals surface area contributed by atoms with E-state index in [4.69, 9.17) is 28.4 Å². The minimum atomic E-state index is -0.686. The predicted molar refractivity (Wildman–Crippen MR) is 179 cm³/mol. The molecule has 0 unspecified atom stereocenters. The van der Waals surface area contributed by atoms with Crippen LogP contribution >= 0.6 is 0 Å². The lowest BCUT2D eigenvalue weighted by molar-refractivity contribution is 0.241. The Labute approximate surface area is 275 Å². The maximum atomic E-state index is 6.39. The molecule has 3 heterocycles. The van der Waals surface area contributed by atoms with Crippen LogP contribution in [0.1, 0.15) is 106 Å². The third-order valence-electron chi connectivity index (χ3n) is 6.41. The molecule has 12 nitrogen and oxygen atoms in total. The number of nitrogens with one attached hydrogen (secondary N) is 3. The Morgan fingerprint density at radius 3 is 0.804 bits per heavy atom. The average molecular weight is 647 g/mol. The number of hydrogen-bond acceptors (Lipinski definition) is 9. The standard InChI is InChI=1S/C34H58N6O6/c1-19(2)13-41-29-26(30(36-35-29)42-14-20(3)4)25(27-31(43-15-21(5)6)37-38-32(27)44-16-22(7)8)28-33(45-17-23(9)10)39-40-34(28)46-18-24(11)12/h19-25H,13-18H2,1-12H3,(H,35,36)(H,37,38)(H,39,40). The molecule has 12 heteroatoms.